The van der Waals surface area contributed by atoms with E-state index in [-0.39, 0.29) is 23.7 Å². The molecule has 0 unspecified atom stereocenters. The number of piperidine rings is 1. The van der Waals surface area contributed by atoms with Crippen LogP contribution in [0.15, 0.2) is 0 Å². The summed E-state index contributed by atoms with van der Waals surface area (Å²) in [6, 6.07) is 0. The summed E-state index contributed by atoms with van der Waals surface area (Å²) < 4.78 is 24.6. The molecule has 0 N–H and O–H groups in total. The maximum Gasteiger partial charge on any atom is 0.225 e. The Kier molecular flexibility index (Phi) is 5.68. The van der Waals surface area contributed by atoms with E-state index in [1.807, 2.05) is 9.80 Å². The highest BCUT2D eigenvalue weighted by Crippen LogP contribution is 2.27. The first-order valence-electron chi connectivity index (χ1n) is 9.39. The van der Waals surface area contributed by atoms with Crippen LogP contribution in [0.1, 0.15) is 38.5 Å². The number of sulfonamides is 1. The van der Waals surface area contributed by atoms with Crippen molar-refractivity contribution in [3.63, 3.8) is 0 Å². The average molecular weight is 372 g/mol. The lowest BCUT2D eigenvalue weighted by atomic mass is 9.96. The molecule has 0 aromatic heterocycles. The number of carbonyl (C=O) groups excluding carboxylic acids is 2. The second-order valence-electron chi connectivity index (χ2n) is 7.57. The molecule has 3 fully saturated rings. The largest absolute Gasteiger partial charge is 0.339 e. The van der Waals surface area contributed by atoms with Gasteiger partial charge in [-0.05, 0) is 25.7 Å². The van der Waals surface area contributed by atoms with Crippen molar-refractivity contribution in [2.45, 2.75) is 38.5 Å². The molecule has 0 radical (unpaired) electrons. The Balaban J connectivity index is 1.46. The maximum atomic E-state index is 12.7. The molecule has 0 atom stereocenters. The van der Waals surface area contributed by atoms with Crippen LogP contribution in [-0.4, -0.2) is 79.9 Å². The van der Waals surface area contributed by atoms with Gasteiger partial charge in [-0.25, -0.2) is 12.7 Å². The number of piperazine rings is 1. The Hall–Kier alpha value is -1.15. The van der Waals surface area contributed by atoms with Gasteiger partial charge in [0.2, 0.25) is 21.8 Å². The summed E-state index contributed by atoms with van der Waals surface area (Å²) in [6.45, 7) is 3.31. The molecule has 1 saturated carbocycles. The molecular weight excluding hydrogens is 342 g/mol. The van der Waals surface area contributed by atoms with Crippen molar-refractivity contribution in [1.29, 1.82) is 0 Å². The third kappa shape index (κ3) is 4.34. The second kappa shape index (κ2) is 7.61. The molecule has 3 aliphatic rings. The predicted molar refractivity (Wildman–Crippen MR) is 94.3 cm³/mol. The number of carbonyl (C=O) groups is 2. The van der Waals surface area contributed by atoms with Crippen LogP contribution >= 0.6 is 0 Å². The molecule has 0 spiro atoms. The molecule has 3 rings (SSSR count). The highest BCUT2D eigenvalue weighted by atomic mass is 32.2. The van der Waals surface area contributed by atoms with Gasteiger partial charge in [0, 0.05) is 51.1 Å². The molecule has 25 heavy (non-hydrogen) atoms. The summed E-state index contributed by atoms with van der Waals surface area (Å²) in [5, 5.41) is 0. The van der Waals surface area contributed by atoms with Crippen LogP contribution in [0.4, 0.5) is 0 Å². The standard InChI is InChI=1S/C17H29N3O4S/c1-25(23,24)20-8-6-15(7-9-20)17(22)19-12-10-18(11-13-19)16(21)14-4-2-3-5-14/h14-15H,2-13H2,1H3. The van der Waals surface area contributed by atoms with E-state index in [2.05, 4.69) is 0 Å². The normalized spacial score (nSPS) is 24.7. The molecule has 7 nitrogen and oxygen atoms in total. The second-order valence-corrected chi connectivity index (χ2v) is 9.55. The molecule has 2 heterocycles. The van der Waals surface area contributed by atoms with Gasteiger partial charge in [-0.3, -0.25) is 9.59 Å². The molecular formula is C17H29N3O4S. The maximum absolute atomic E-state index is 12.7. The molecule has 2 saturated heterocycles. The fourth-order valence-electron chi connectivity index (χ4n) is 4.27. The minimum atomic E-state index is -3.16. The Morgan fingerprint density at radius 1 is 0.720 bits per heavy atom. The topological polar surface area (TPSA) is 78.0 Å². The molecule has 8 heteroatoms. The first-order chi connectivity index (χ1) is 11.9. The van der Waals surface area contributed by atoms with Crippen molar-refractivity contribution >= 4 is 21.8 Å². The highest BCUT2D eigenvalue weighted by molar-refractivity contribution is 7.88. The van der Waals surface area contributed by atoms with Crippen LogP contribution in [0.5, 0.6) is 0 Å². The van der Waals surface area contributed by atoms with Gasteiger partial charge in [0.15, 0.2) is 0 Å². The first-order valence-corrected chi connectivity index (χ1v) is 11.2. The molecule has 0 aromatic carbocycles. The fourth-order valence-corrected chi connectivity index (χ4v) is 5.14. The summed E-state index contributed by atoms with van der Waals surface area (Å²) in [4.78, 5) is 28.9. The van der Waals surface area contributed by atoms with Gasteiger partial charge in [-0.15, -0.1) is 0 Å². The third-order valence-electron chi connectivity index (χ3n) is 5.88. The number of amides is 2. The quantitative estimate of drug-likeness (QED) is 0.725. The number of rotatable bonds is 3. The van der Waals surface area contributed by atoms with E-state index in [0.29, 0.717) is 52.1 Å². The minimum Gasteiger partial charge on any atom is -0.339 e. The number of hydrogen-bond donors (Lipinski definition) is 0. The van der Waals surface area contributed by atoms with Crippen molar-refractivity contribution in [2.75, 3.05) is 45.5 Å². The van der Waals surface area contributed by atoms with Gasteiger partial charge >= 0.3 is 0 Å². The van der Waals surface area contributed by atoms with Gasteiger partial charge in [-0.1, -0.05) is 12.8 Å². The van der Waals surface area contributed by atoms with E-state index in [0.717, 1.165) is 25.7 Å². The van der Waals surface area contributed by atoms with Crippen LogP contribution in [0.3, 0.4) is 0 Å². The molecule has 0 bridgehead atoms. The Bertz CT molecular complexity index is 599. The molecule has 1 aliphatic carbocycles. The van der Waals surface area contributed by atoms with Crippen LogP contribution < -0.4 is 0 Å². The van der Waals surface area contributed by atoms with E-state index >= 15 is 0 Å². The van der Waals surface area contributed by atoms with E-state index < -0.39 is 10.0 Å². The van der Waals surface area contributed by atoms with Crippen LogP contribution in [0.2, 0.25) is 0 Å². The zero-order valence-corrected chi connectivity index (χ0v) is 15.8. The van der Waals surface area contributed by atoms with Crippen molar-refractivity contribution < 1.29 is 18.0 Å². The minimum absolute atomic E-state index is 0.0879. The summed E-state index contributed by atoms with van der Waals surface area (Å²) in [6.07, 6.45) is 6.73. The van der Waals surface area contributed by atoms with Gasteiger partial charge in [0.05, 0.1) is 6.26 Å². The van der Waals surface area contributed by atoms with Gasteiger partial charge in [-0.2, -0.15) is 0 Å². The SMILES string of the molecule is CS(=O)(=O)N1CCC(C(=O)N2CCN(C(=O)C3CCCC3)CC2)CC1. The zero-order chi connectivity index (χ0) is 18.0. The lowest BCUT2D eigenvalue weighted by Gasteiger charge is -2.38. The van der Waals surface area contributed by atoms with Gasteiger partial charge in [0.25, 0.3) is 0 Å². The summed E-state index contributed by atoms with van der Waals surface area (Å²) in [7, 11) is -3.16. The highest BCUT2D eigenvalue weighted by Gasteiger charge is 2.34. The van der Waals surface area contributed by atoms with Crippen molar-refractivity contribution in [1.82, 2.24) is 14.1 Å². The zero-order valence-electron chi connectivity index (χ0n) is 15.0. The number of nitrogens with zero attached hydrogens (tertiary/aromatic N) is 3. The van der Waals surface area contributed by atoms with E-state index in [1.165, 1.54) is 10.6 Å². The van der Waals surface area contributed by atoms with Crippen molar-refractivity contribution in [3.8, 4) is 0 Å². The molecule has 142 valence electrons. The summed E-state index contributed by atoms with van der Waals surface area (Å²) >= 11 is 0. The van der Waals surface area contributed by atoms with Crippen LogP contribution in [0, 0.1) is 11.8 Å². The Morgan fingerprint density at radius 3 is 1.52 bits per heavy atom. The monoisotopic (exact) mass is 371 g/mol. The van der Waals surface area contributed by atoms with E-state index in [9.17, 15) is 18.0 Å². The van der Waals surface area contributed by atoms with Crippen molar-refractivity contribution in [3.05, 3.63) is 0 Å². The van der Waals surface area contributed by atoms with Gasteiger partial charge < -0.3 is 9.80 Å². The number of hydrogen-bond acceptors (Lipinski definition) is 4. The summed E-state index contributed by atoms with van der Waals surface area (Å²) in [5.41, 5.74) is 0. The summed E-state index contributed by atoms with van der Waals surface area (Å²) in [5.74, 6) is 0.504. The van der Waals surface area contributed by atoms with Gasteiger partial charge in [0.1, 0.15) is 0 Å². The predicted octanol–water partition coefficient (Wildman–Crippen LogP) is 0.519. The molecule has 2 amide bonds. The third-order valence-corrected chi connectivity index (χ3v) is 7.18. The Labute approximate surface area is 150 Å². The van der Waals surface area contributed by atoms with E-state index in [4.69, 9.17) is 0 Å². The lowest BCUT2D eigenvalue weighted by molar-refractivity contribution is -0.144. The lowest BCUT2D eigenvalue weighted by Crippen LogP contribution is -2.54. The average Bonchev–Trinajstić information content (AvgIpc) is 3.14. The smallest absolute Gasteiger partial charge is 0.225 e. The molecule has 0 aromatic rings. The van der Waals surface area contributed by atoms with E-state index in [1.54, 1.807) is 0 Å². The Morgan fingerprint density at radius 2 is 1.12 bits per heavy atom. The van der Waals surface area contributed by atoms with Crippen molar-refractivity contribution in [2.24, 2.45) is 11.8 Å². The van der Waals surface area contributed by atoms with Crippen LogP contribution in [0.25, 0.3) is 0 Å². The first kappa shape index (κ1) is 18.6. The van der Waals surface area contributed by atoms with Crippen LogP contribution in [-0.2, 0) is 19.6 Å². The fraction of sp³-hybridized carbons (Fsp3) is 0.882. The molecule has 2 aliphatic heterocycles.